The van der Waals surface area contributed by atoms with Crippen LogP contribution in [-0.4, -0.2) is 24.7 Å². The number of aromatic nitrogens is 5. The number of nitrogens with one attached hydrogen (secondary N) is 1. The first-order valence-corrected chi connectivity index (χ1v) is 8.42. The van der Waals surface area contributed by atoms with Crippen molar-refractivity contribution in [3.05, 3.63) is 65.9 Å². The molecule has 0 unspecified atom stereocenters. The zero-order chi connectivity index (χ0) is 19.9. The van der Waals surface area contributed by atoms with Crippen LogP contribution in [0.5, 0.6) is 0 Å². The summed E-state index contributed by atoms with van der Waals surface area (Å²) in [5, 5.41) is 7.76. The fourth-order valence-electron chi connectivity index (χ4n) is 2.88. The lowest BCUT2D eigenvalue weighted by Crippen LogP contribution is -2.12. The SMILES string of the molecule is Cc1cc(C)n(-c2ccc(Nc3nc(C(F)(F)F)nc4ccccc34)cn2)n1. The van der Waals surface area contributed by atoms with E-state index in [1.54, 1.807) is 35.0 Å². The Morgan fingerprint density at radius 1 is 1.00 bits per heavy atom. The monoisotopic (exact) mass is 384 g/mol. The molecule has 3 heterocycles. The Kier molecular flexibility index (Phi) is 4.21. The highest BCUT2D eigenvalue weighted by Crippen LogP contribution is 2.31. The number of halogens is 3. The standard InChI is InChI=1S/C19H15F3N6/c1-11-9-12(2)28(27-11)16-8-7-13(10-23-16)24-17-14-5-3-4-6-15(14)25-18(26-17)19(20,21)22/h3-10H,1-2H3,(H,24,25,26). The number of hydrogen-bond donors (Lipinski definition) is 1. The quantitative estimate of drug-likeness (QED) is 0.560. The van der Waals surface area contributed by atoms with Gasteiger partial charge in [0.05, 0.1) is 23.1 Å². The van der Waals surface area contributed by atoms with Crippen molar-refractivity contribution in [2.45, 2.75) is 20.0 Å². The van der Waals surface area contributed by atoms with Gasteiger partial charge < -0.3 is 5.32 Å². The predicted molar refractivity (Wildman–Crippen MR) is 98.7 cm³/mol. The predicted octanol–water partition coefficient (Wildman–Crippen LogP) is 4.59. The highest BCUT2D eigenvalue weighted by atomic mass is 19.4. The second-order valence-corrected chi connectivity index (χ2v) is 6.28. The van der Waals surface area contributed by atoms with Crippen LogP contribution < -0.4 is 5.32 Å². The summed E-state index contributed by atoms with van der Waals surface area (Å²) in [4.78, 5) is 11.6. The summed E-state index contributed by atoms with van der Waals surface area (Å²) in [7, 11) is 0. The summed E-state index contributed by atoms with van der Waals surface area (Å²) in [6, 6.07) is 11.9. The molecule has 0 bridgehead atoms. The number of rotatable bonds is 3. The highest BCUT2D eigenvalue weighted by Gasteiger charge is 2.35. The van der Waals surface area contributed by atoms with E-state index in [0.717, 1.165) is 11.4 Å². The molecule has 0 amide bonds. The number of fused-ring (bicyclic) bond motifs is 1. The minimum Gasteiger partial charge on any atom is -0.338 e. The third kappa shape index (κ3) is 3.38. The number of hydrogen-bond acceptors (Lipinski definition) is 5. The maximum Gasteiger partial charge on any atom is 0.451 e. The molecule has 4 rings (SSSR count). The maximum absolute atomic E-state index is 13.1. The van der Waals surface area contributed by atoms with Crippen molar-refractivity contribution in [1.29, 1.82) is 0 Å². The Morgan fingerprint density at radius 3 is 2.43 bits per heavy atom. The summed E-state index contributed by atoms with van der Waals surface area (Å²) >= 11 is 0. The molecular formula is C19H15F3N6. The van der Waals surface area contributed by atoms with Gasteiger partial charge in [-0.25, -0.2) is 19.6 Å². The fourth-order valence-corrected chi connectivity index (χ4v) is 2.88. The van der Waals surface area contributed by atoms with Crippen LogP contribution in [0, 0.1) is 13.8 Å². The van der Waals surface area contributed by atoms with E-state index in [1.165, 1.54) is 12.3 Å². The Hall–Kier alpha value is -3.49. The van der Waals surface area contributed by atoms with Crippen LogP contribution in [0.3, 0.4) is 0 Å². The fraction of sp³-hybridized carbons (Fsp3) is 0.158. The van der Waals surface area contributed by atoms with Crippen molar-refractivity contribution in [3.8, 4) is 5.82 Å². The van der Waals surface area contributed by atoms with Gasteiger partial charge >= 0.3 is 6.18 Å². The van der Waals surface area contributed by atoms with Crippen molar-refractivity contribution < 1.29 is 13.2 Å². The number of pyridine rings is 1. The molecule has 1 N–H and O–H groups in total. The molecular weight excluding hydrogens is 369 g/mol. The summed E-state index contributed by atoms with van der Waals surface area (Å²) in [6.07, 6.45) is -3.12. The van der Waals surface area contributed by atoms with E-state index in [9.17, 15) is 13.2 Å². The summed E-state index contributed by atoms with van der Waals surface area (Å²) < 4.78 is 41.1. The van der Waals surface area contributed by atoms with Gasteiger partial charge in [0.25, 0.3) is 0 Å². The van der Waals surface area contributed by atoms with Crippen molar-refractivity contribution in [3.63, 3.8) is 0 Å². The van der Waals surface area contributed by atoms with Crippen LogP contribution in [0.1, 0.15) is 17.2 Å². The number of nitrogens with zero attached hydrogens (tertiary/aromatic N) is 5. The molecule has 28 heavy (non-hydrogen) atoms. The molecule has 0 atom stereocenters. The lowest BCUT2D eigenvalue weighted by Gasteiger charge is -2.12. The largest absolute Gasteiger partial charge is 0.451 e. The summed E-state index contributed by atoms with van der Waals surface area (Å²) in [6.45, 7) is 3.80. The Morgan fingerprint density at radius 2 is 1.79 bits per heavy atom. The smallest absolute Gasteiger partial charge is 0.338 e. The summed E-state index contributed by atoms with van der Waals surface area (Å²) in [5.41, 5.74) is 2.51. The minimum absolute atomic E-state index is 0.0681. The number of anilines is 2. The Balaban J connectivity index is 1.71. The third-order valence-corrected chi connectivity index (χ3v) is 4.09. The molecule has 6 nitrogen and oxygen atoms in total. The van der Waals surface area contributed by atoms with Crippen LogP contribution >= 0.6 is 0 Å². The van der Waals surface area contributed by atoms with E-state index in [0.29, 0.717) is 16.9 Å². The number of alkyl halides is 3. The topological polar surface area (TPSA) is 68.5 Å². The molecule has 0 aliphatic carbocycles. The van der Waals surface area contributed by atoms with Crippen LogP contribution in [0.2, 0.25) is 0 Å². The average molecular weight is 384 g/mol. The second kappa shape index (κ2) is 6.59. The van der Waals surface area contributed by atoms with Gasteiger partial charge in [-0.15, -0.1) is 0 Å². The third-order valence-electron chi connectivity index (χ3n) is 4.09. The van der Waals surface area contributed by atoms with Gasteiger partial charge in [-0.2, -0.15) is 18.3 Å². The molecule has 3 aromatic heterocycles. The van der Waals surface area contributed by atoms with E-state index in [2.05, 4.69) is 25.4 Å². The van der Waals surface area contributed by atoms with E-state index in [-0.39, 0.29) is 11.3 Å². The van der Waals surface area contributed by atoms with Crippen LogP contribution in [0.15, 0.2) is 48.7 Å². The zero-order valence-electron chi connectivity index (χ0n) is 15.0. The van der Waals surface area contributed by atoms with Crippen molar-refractivity contribution in [2.24, 2.45) is 0 Å². The van der Waals surface area contributed by atoms with Gasteiger partial charge in [0.15, 0.2) is 5.82 Å². The molecule has 0 radical (unpaired) electrons. The molecule has 0 spiro atoms. The molecule has 142 valence electrons. The van der Waals surface area contributed by atoms with Gasteiger partial charge in [0.1, 0.15) is 5.82 Å². The highest BCUT2D eigenvalue weighted by molar-refractivity contribution is 5.90. The van der Waals surface area contributed by atoms with Gasteiger partial charge in [-0.05, 0) is 44.2 Å². The van der Waals surface area contributed by atoms with Gasteiger partial charge in [0.2, 0.25) is 5.82 Å². The Labute approximate surface area is 158 Å². The first-order chi connectivity index (χ1) is 13.3. The molecule has 0 fully saturated rings. The Bertz CT molecular complexity index is 1150. The van der Waals surface area contributed by atoms with E-state index in [4.69, 9.17) is 0 Å². The number of para-hydroxylation sites is 1. The van der Waals surface area contributed by atoms with Crippen molar-refractivity contribution in [1.82, 2.24) is 24.7 Å². The lowest BCUT2D eigenvalue weighted by atomic mass is 10.2. The van der Waals surface area contributed by atoms with Crippen LogP contribution in [0.25, 0.3) is 16.7 Å². The molecule has 0 saturated heterocycles. The van der Waals surface area contributed by atoms with Crippen LogP contribution in [-0.2, 0) is 6.18 Å². The maximum atomic E-state index is 13.1. The average Bonchev–Trinajstić information content (AvgIpc) is 2.99. The van der Waals surface area contributed by atoms with E-state index >= 15 is 0 Å². The molecule has 0 aliphatic heterocycles. The summed E-state index contributed by atoms with van der Waals surface area (Å²) in [5.74, 6) is -0.515. The first kappa shape index (κ1) is 17.9. The van der Waals surface area contributed by atoms with Gasteiger partial charge in [-0.3, -0.25) is 0 Å². The van der Waals surface area contributed by atoms with Crippen LogP contribution in [0.4, 0.5) is 24.7 Å². The number of benzene rings is 1. The van der Waals surface area contributed by atoms with E-state index in [1.807, 2.05) is 19.9 Å². The lowest BCUT2D eigenvalue weighted by molar-refractivity contribution is -0.144. The van der Waals surface area contributed by atoms with Crippen molar-refractivity contribution >= 4 is 22.4 Å². The molecule has 0 aliphatic rings. The van der Waals surface area contributed by atoms with Crippen molar-refractivity contribution in [2.75, 3.05) is 5.32 Å². The first-order valence-electron chi connectivity index (χ1n) is 8.42. The normalized spacial score (nSPS) is 11.8. The molecule has 0 saturated carbocycles. The molecule has 1 aromatic carbocycles. The second-order valence-electron chi connectivity index (χ2n) is 6.28. The molecule has 9 heteroatoms. The zero-order valence-corrected chi connectivity index (χ0v) is 15.0. The van der Waals surface area contributed by atoms with E-state index < -0.39 is 12.0 Å². The minimum atomic E-state index is -4.64. The van der Waals surface area contributed by atoms with Gasteiger partial charge in [-0.1, -0.05) is 12.1 Å². The van der Waals surface area contributed by atoms with Gasteiger partial charge in [0, 0.05) is 11.1 Å². The molecule has 4 aromatic rings. The number of aryl methyl sites for hydroxylation is 2.